The average Bonchev–Trinajstić information content (AvgIpc) is 3.57. The molecule has 0 spiro atoms. The summed E-state index contributed by atoms with van der Waals surface area (Å²) in [5, 5.41) is 37.6. The van der Waals surface area contributed by atoms with Crippen molar-refractivity contribution < 1.29 is 57.9 Å². The van der Waals surface area contributed by atoms with E-state index in [1.54, 1.807) is 19.9 Å². The summed E-state index contributed by atoms with van der Waals surface area (Å²) < 4.78 is 27.9. The summed E-state index contributed by atoms with van der Waals surface area (Å²) >= 11 is 0. The smallest absolute Gasteiger partial charge is 0.335 e. The van der Waals surface area contributed by atoms with Crippen LogP contribution in [0.2, 0.25) is 0 Å². The number of furan rings is 1. The Balaban J connectivity index is 1.61. The van der Waals surface area contributed by atoms with E-state index in [2.05, 4.69) is 0 Å². The summed E-state index contributed by atoms with van der Waals surface area (Å²) in [5.74, 6) is -6.77. The molecule has 5 fully saturated rings. The van der Waals surface area contributed by atoms with Gasteiger partial charge in [-0.05, 0) is 25.3 Å². The maximum atomic E-state index is 13.3. The number of hydrogen-bond acceptors (Lipinski definition) is 12. The molecule has 1 aromatic heterocycles. The van der Waals surface area contributed by atoms with E-state index in [1.165, 1.54) is 26.4 Å². The molecule has 4 aliphatic carbocycles. The highest BCUT2D eigenvalue weighted by molar-refractivity contribution is 5.76. The molecule has 4 saturated carbocycles. The fourth-order valence-corrected chi connectivity index (χ4v) is 11.0. The lowest BCUT2D eigenvalue weighted by Crippen LogP contribution is -2.81. The first kappa shape index (κ1) is 30.1. The Kier molecular flexibility index (Phi) is 6.49. The van der Waals surface area contributed by atoms with E-state index in [4.69, 9.17) is 23.4 Å². The number of ether oxygens (including phenoxy) is 4. The van der Waals surface area contributed by atoms with Crippen LogP contribution in [0.5, 0.6) is 0 Å². The Morgan fingerprint density at radius 1 is 1.02 bits per heavy atom. The monoisotopic (exact) mass is 604 g/mol. The van der Waals surface area contributed by atoms with Gasteiger partial charge in [-0.25, -0.2) is 4.79 Å². The van der Waals surface area contributed by atoms with Crippen molar-refractivity contribution in [1.82, 2.24) is 0 Å². The third-order valence-electron chi connectivity index (χ3n) is 12.3. The summed E-state index contributed by atoms with van der Waals surface area (Å²) in [4.78, 5) is 51.4. The Labute approximate surface area is 249 Å². The summed E-state index contributed by atoms with van der Waals surface area (Å²) in [6.45, 7) is 7.79. The normalized spacial score (nSPS) is 48.4. The van der Waals surface area contributed by atoms with Crippen LogP contribution in [-0.4, -0.2) is 75.8 Å². The largest absolute Gasteiger partial charge is 0.472 e. The fraction of sp³-hybridized carbons (Fsp3) is 0.742. The lowest BCUT2D eigenvalue weighted by molar-refractivity contribution is -0.357. The Hall–Kier alpha value is -2.96. The minimum atomic E-state index is -1.97. The van der Waals surface area contributed by atoms with Gasteiger partial charge in [0.15, 0.2) is 6.10 Å². The van der Waals surface area contributed by atoms with Gasteiger partial charge >= 0.3 is 23.9 Å². The van der Waals surface area contributed by atoms with Crippen LogP contribution in [0.15, 0.2) is 23.0 Å². The van der Waals surface area contributed by atoms with Crippen LogP contribution < -0.4 is 0 Å². The predicted molar refractivity (Wildman–Crippen MR) is 143 cm³/mol. The molecule has 0 radical (unpaired) electrons. The summed E-state index contributed by atoms with van der Waals surface area (Å²) in [7, 11) is 1.15. The first-order valence-electron chi connectivity index (χ1n) is 14.8. The first-order valence-corrected chi connectivity index (χ1v) is 14.8. The van der Waals surface area contributed by atoms with Crippen molar-refractivity contribution in [3.8, 4) is 0 Å². The van der Waals surface area contributed by atoms with Gasteiger partial charge in [0.05, 0.1) is 37.6 Å². The molecule has 1 aromatic rings. The van der Waals surface area contributed by atoms with Crippen LogP contribution in [0.3, 0.4) is 0 Å². The van der Waals surface area contributed by atoms with Crippen molar-refractivity contribution in [2.75, 3.05) is 7.11 Å². The SMILES string of the molecule is COC(=O)[C@H](O)[C@H]1[C@]2(C)C[C@@]3(O)[C@@H]([C@H]2OC(C)=O)[C@@H](OC(C)=O)[C@]2(O)[C@@H]4CC(=O)O[C@@H](c5ccoc5)[C@]4(C)CC[C@H]2[C@]13C. The second-order valence-electron chi connectivity index (χ2n) is 14.1. The summed E-state index contributed by atoms with van der Waals surface area (Å²) in [6.07, 6.45) is -1.61. The van der Waals surface area contributed by atoms with Crippen LogP contribution in [0.1, 0.15) is 72.0 Å². The van der Waals surface area contributed by atoms with E-state index < -0.39 is 99.4 Å². The highest BCUT2D eigenvalue weighted by Crippen LogP contribution is 2.81. The van der Waals surface area contributed by atoms with Crippen LogP contribution in [0.25, 0.3) is 0 Å². The van der Waals surface area contributed by atoms with E-state index in [-0.39, 0.29) is 19.3 Å². The summed E-state index contributed by atoms with van der Waals surface area (Å²) in [6, 6.07) is 1.69. The van der Waals surface area contributed by atoms with Gasteiger partial charge in [0.25, 0.3) is 0 Å². The van der Waals surface area contributed by atoms with Crippen LogP contribution in [0.4, 0.5) is 0 Å². The van der Waals surface area contributed by atoms with Crippen LogP contribution in [0, 0.1) is 39.9 Å². The number of fused-ring (bicyclic) bond motifs is 5. The van der Waals surface area contributed by atoms with Gasteiger partial charge in [-0.3, -0.25) is 14.4 Å². The molecule has 0 unspecified atom stereocenters. The maximum absolute atomic E-state index is 13.3. The molecule has 13 atom stereocenters. The minimum absolute atomic E-state index is 0.00377. The molecule has 12 heteroatoms. The Morgan fingerprint density at radius 3 is 2.26 bits per heavy atom. The maximum Gasteiger partial charge on any atom is 0.335 e. The van der Waals surface area contributed by atoms with E-state index in [1.807, 2.05) is 6.92 Å². The molecule has 43 heavy (non-hydrogen) atoms. The zero-order valence-corrected chi connectivity index (χ0v) is 25.2. The molecule has 2 bridgehead atoms. The number of methoxy groups -OCH3 is 1. The lowest BCUT2D eigenvalue weighted by atomic mass is 9.36. The molecule has 12 nitrogen and oxygen atoms in total. The van der Waals surface area contributed by atoms with Gasteiger partial charge in [0.2, 0.25) is 0 Å². The van der Waals surface area contributed by atoms with Gasteiger partial charge in [0.1, 0.15) is 23.9 Å². The van der Waals surface area contributed by atoms with Gasteiger partial charge in [-0.2, -0.15) is 0 Å². The predicted octanol–water partition coefficient (Wildman–Crippen LogP) is 1.84. The minimum Gasteiger partial charge on any atom is -0.472 e. The Morgan fingerprint density at radius 2 is 1.67 bits per heavy atom. The number of carbonyl (C=O) groups excluding carboxylic acids is 4. The van der Waals surface area contributed by atoms with Crippen molar-refractivity contribution in [1.29, 1.82) is 0 Å². The van der Waals surface area contributed by atoms with Crippen molar-refractivity contribution in [2.24, 2.45) is 39.9 Å². The van der Waals surface area contributed by atoms with Crippen molar-refractivity contribution in [3.63, 3.8) is 0 Å². The highest BCUT2D eigenvalue weighted by Gasteiger charge is 2.89. The number of esters is 4. The third-order valence-corrected chi connectivity index (χ3v) is 12.3. The Bertz CT molecular complexity index is 1360. The zero-order valence-electron chi connectivity index (χ0n) is 25.2. The molecule has 0 amide bonds. The fourth-order valence-electron chi connectivity index (χ4n) is 11.0. The van der Waals surface area contributed by atoms with E-state index >= 15 is 0 Å². The molecule has 0 aromatic carbocycles. The lowest BCUT2D eigenvalue weighted by Gasteiger charge is -2.72. The van der Waals surface area contributed by atoms with Crippen molar-refractivity contribution in [2.45, 2.75) is 95.9 Å². The van der Waals surface area contributed by atoms with E-state index in [9.17, 15) is 34.5 Å². The number of rotatable bonds is 5. The second kappa shape index (κ2) is 9.28. The van der Waals surface area contributed by atoms with Gasteiger partial charge in [-0.1, -0.05) is 20.8 Å². The molecular formula is C31H40O12. The molecule has 236 valence electrons. The highest BCUT2D eigenvalue weighted by atomic mass is 16.6. The molecule has 5 aliphatic rings. The van der Waals surface area contributed by atoms with Gasteiger partial charge in [-0.15, -0.1) is 0 Å². The first-order chi connectivity index (χ1) is 20.0. The third kappa shape index (κ3) is 3.54. The number of aliphatic hydroxyl groups excluding tert-OH is 1. The van der Waals surface area contributed by atoms with E-state index in [0.29, 0.717) is 12.0 Å². The van der Waals surface area contributed by atoms with Crippen LogP contribution >= 0.6 is 0 Å². The molecule has 1 aliphatic heterocycles. The number of carbonyl (C=O) groups is 4. The molecular weight excluding hydrogens is 564 g/mol. The standard InChI is InChI=1S/C31H40O12/c1-14(32)41-24-20-25(42-15(2)33)31(38)17(29(5)22(21(35)26(36)39-6)28(24,4)13-30(20,29)37)7-9-27(3)18(31)11-19(34)43-23(27)16-8-10-40-12-16/h8,10,12,17-18,20-25,35,37-38H,7,9,11,13H2,1-6H3/t17-,18+,20-,21+,22-,23-,24+,25+,27+,28-,29+,30+,31+/m0/s1. The zero-order chi connectivity index (χ0) is 31.5. The number of cyclic esters (lactones) is 1. The van der Waals surface area contributed by atoms with Crippen molar-refractivity contribution >= 4 is 23.9 Å². The molecule has 3 N–H and O–H groups in total. The number of hydrogen-bond donors (Lipinski definition) is 3. The van der Waals surface area contributed by atoms with Crippen LogP contribution in [-0.2, 0) is 38.1 Å². The quantitative estimate of drug-likeness (QED) is 0.328. The summed E-state index contributed by atoms with van der Waals surface area (Å²) in [5.41, 5.74) is -6.50. The van der Waals surface area contributed by atoms with Gasteiger partial charge < -0.3 is 38.7 Å². The topological polar surface area (TPSA) is 179 Å². The molecule has 6 rings (SSSR count). The number of aliphatic hydroxyl groups is 3. The molecule has 2 heterocycles. The van der Waals surface area contributed by atoms with Crippen molar-refractivity contribution in [3.05, 3.63) is 24.2 Å². The second-order valence-corrected chi connectivity index (χ2v) is 14.1. The average molecular weight is 605 g/mol. The molecule has 1 saturated heterocycles. The van der Waals surface area contributed by atoms with Gasteiger partial charge in [0, 0.05) is 53.4 Å². The van der Waals surface area contributed by atoms with E-state index in [0.717, 1.165) is 7.11 Å².